The third-order valence-corrected chi connectivity index (χ3v) is 2.23. The van der Waals surface area contributed by atoms with Gasteiger partial charge in [0.2, 0.25) is 0 Å². The molecular formula is C11H13N3O. The quantitative estimate of drug-likeness (QED) is 0.755. The van der Waals surface area contributed by atoms with Crippen molar-refractivity contribution in [1.82, 2.24) is 9.55 Å². The number of methoxy groups -OCH3 is 1. The summed E-state index contributed by atoms with van der Waals surface area (Å²) in [5, 5.41) is 0. The van der Waals surface area contributed by atoms with E-state index in [0.29, 0.717) is 11.4 Å². The Labute approximate surface area is 88.3 Å². The molecule has 0 atom stereocenters. The molecule has 0 radical (unpaired) electrons. The Morgan fingerprint density at radius 3 is 2.80 bits per heavy atom. The fourth-order valence-corrected chi connectivity index (χ4v) is 1.43. The predicted molar refractivity (Wildman–Crippen MR) is 59.6 cm³/mol. The van der Waals surface area contributed by atoms with E-state index >= 15 is 0 Å². The molecule has 4 nitrogen and oxygen atoms in total. The number of rotatable bonds is 2. The van der Waals surface area contributed by atoms with Crippen LogP contribution in [0.1, 0.15) is 0 Å². The summed E-state index contributed by atoms with van der Waals surface area (Å²) in [6.45, 7) is 0. The second-order valence-electron chi connectivity index (χ2n) is 3.38. The Morgan fingerprint density at radius 2 is 2.20 bits per heavy atom. The second-order valence-corrected chi connectivity index (χ2v) is 3.38. The molecule has 4 heteroatoms. The van der Waals surface area contributed by atoms with Crippen LogP contribution in [0.5, 0.6) is 5.75 Å². The van der Waals surface area contributed by atoms with Crippen molar-refractivity contribution < 1.29 is 4.74 Å². The van der Waals surface area contributed by atoms with E-state index in [0.717, 1.165) is 11.3 Å². The number of imidazole rings is 1. The molecule has 0 saturated heterocycles. The van der Waals surface area contributed by atoms with E-state index in [1.165, 1.54) is 0 Å². The van der Waals surface area contributed by atoms with Gasteiger partial charge in [0.25, 0.3) is 0 Å². The van der Waals surface area contributed by atoms with Gasteiger partial charge in [-0.1, -0.05) is 6.07 Å². The number of anilines is 1. The van der Waals surface area contributed by atoms with E-state index in [2.05, 4.69) is 4.98 Å². The summed E-state index contributed by atoms with van der Waals surface area (Å²) in [6.07, 6.45) is 3.71. The van der Waals surface area contributed by atoms with E-state index in [9.17, 15) is 0 Å². The maximum absolute atomic E-state index is 5.73. The predicted octanol–water partition coefficient (Wildman–Crippen LogP) is 1.68. The Hall–Kier alpha value is -1.97. The zero-order valence-corrected chi connectivity index (χ0v) is 8.77. The van der Waals surface area contributed by atoms with E-state index in [1.54, 1.807) is 13.4 Å². The normalized spacial score (nSPS) is 10.3. The van der Waals surface area contributed by atoms with Crippen LogP contribution in [0.15, 0.2) is 30.7 Å². The zero-order valence-electron chi connectivity index (χ0n) is 8.77. The van der Waals surface area contributed by atoms with E-state index < -0.39 is 0 Å². The lowest BCUT2D eigenvalue weighted by Gasteiger charge is -2.05. The van der Waals surface area contributed by atoms with Crippen LogP contribution in [-0.2, 0) is 7.05 Å². The minimum absolute atomic E-state index is 0.636. The summed E-state index contributed by atoms with van der Waals surface area (Å²) in [7, 11) is 3.54. The van der Waals surface area contributed by atoms with E-state index in [4.69, 9.17) is 10.5 Å². The minimum Gasteiger partial charge on any atom is -0.495 e. The molecule has 78 valence electrons. The van der Waals surface area contributed by atoms with Crippen LogP contribution < -0.4 is 10.5 Å². The first-order chi connectivity index (χ1) is 7.20. The van der Waals surface area contributed by atoms with Gasteiger partial charge in [0.15, 0.2) is 0 Å². The van der Waals surface area contributed by atoms with Gasteiger partial charge in [-0.25, -0.2) is 4.98 Å². The molecule has 2 aromatic rings. The summed E-state index contributed by atoms with van der Waals surface area (Å²) in [4.78, 5) is 4.26. The number of hydrogen-bond acceptors (Lipinski definition) is 3. The van der Waals surface area contributed by atoms with Crippen molar-refractivity contribution in [2.45, 2.75) is 0 Å². The standard InChI is InChI=1S/C11H13N3O/c1-14-6-10(13-7-14)8-3-4-9(12)11(5-8)15-2/h3-7H,12H2,1-2H3. The number of aryl methyl sites for hydroxylation is 1. The van der Waals surface area contributed by atoms with Gasteiger partial charge in [-0.05, 0) is 12.1 Å². The Morgan fingerprint density at radius 1 is 1.40 bits per heavy atom. The van der Waals surface area contributed by atoms with Gasteiger partial charge in [-0.2, -0.15) is 0 Å². The average Bonchev–Trinajstić information content (AvgIpc) is 2.66. The highest BCUT2D eigenvalue weighted by molar-refractivity contribution is 5.66. The number of hydrogen-bond donors (Lipinski definition) is 1. The first-order valence-electron chi connectivity index (χ1n) is 4.62. The van der Waals surface area contributed by atoms with Crippen molar-refractivity contribution >= 4 is 5.69 Å². The van der Waals surface area contributed by atoms with Crippen molar-refractivity contribution in [2.75, 3.05) is 12.8 Å². The van der Waals surface area contributed by atoms with Crippen molar-refractivity contribution in [3.05, 3.63) is 30.7 Å². The van der Waals surface area contributed by atoms with Crippen molar-refractivity contribution in [2.24, 2.45) is 7.05 Å². The molecule has 0 amide bonds. The topological polar surface area (TPSA) is 53.1 Å². The molecule has 0 spiro atoms. The van der Waals surface area contributed by atoms with Crippen molar-refractivity contribution in [3.63, 3.8) is 0 Å². The Kier molecular flexibility index (Phi) is 2.33. The number of nitrogen functional groups attached to an aromatic ring is 1. The van der Waals surface area contributed by atoms with Gasteiger partial charge in [0, 0.05) is 18.8 Å². The minimum atomic E-state index is 0.636. The van der Waals surface area contributed by atoms with E-state index in [-0.39, 0.29) is 0 Å². The Bertz CT molecular complexity index is 476. The maximum atomic E-state index is 5.73. The summed E-state index contributed by atoms with van der Waals surface area (Å²) in [5.41, 5.74) is 8.28. The molecule has 0 aliphatic heterocycles. The van der Waals surface area contributed by atoms with Crippen LogP contribution in [0, 0.1) is 0 Å². The maximum Gasteiger partial charge on any atom is 0.142 e. The number of ether oxygens (including phenoxy) is 1. The highest BCUT2D eigenvalue weighted by atomic mass is 16.5. The number of nitrogens with zero attached hydrogens (tertiary/aromatic N) is 2. The van der Waals surface area contributed by atoms with Crippen molar-refractivity contribution in [1.29, 1.82) is 0 Å². The highest BCUT2D eigenvalue weighted by Gasteiger charge is 2.04. The second kappa shape index (κ2) is 3.65. The first-order valence-corrected chi connectivity index (χ1v) is 4.62. The number of nitrogens with two attached hydrogens (primary N) is 1. The van der Waals surface area contributed by atoms with Gasteiger partial charge in [-0.15, -0.1) is 0 Å². The largest absolute Gasteiger partial charge is 0.495 e. The molecule has 0 bridgehead atoms. The molecule has 0 fully saturated rings. The van der Waals surface area contributed by atoms with Crippen molar-refractivity contribution in [3.8, 4) is 17.0 Å². The van der Waals surface area contributed by atoms with Gasteiger partial charge in [-0.3, -0.25) is 0 Å². The molecule has 0 aliphatic carbocycles. The SMILES string of the molecule is COc1cc(-c2cn(C)cn2)ccc1N. The lowest BCUT2D eigenvalue weighted by atomic mass is 10.1. The fourth-order valence-electron chi connectivity index (χ4n) is 1.43. The third-order valence-electron chi connectivity index (χ3n) is 2.23. The zero-order chi connectivity index (χ0) is 10.8. The van der Waals surface area contributed by atoms with Gasteiger partial charge >= 0.3 is 0 Å². The van der Waals surface area contributed by atoms with Crippen LogP contribution in [0.2, 0.25) is 0 Å². The number of aromatic nitrogens is 2. The lowest BCUT2D eigenvalue weighted by molar-refractivity contribution is 0.417. The summed E-state index contributed by atoms with van der Waals surface area (Å²) >= 11 is 0. The molecule has 2 N–H and O–H groups in total. The molecule has 2 rings (SSSR count). The molecule has 0 unspecified atom stereocenters. The molecule has 1 heterocycles. The molecular weight excluding hydrogens is 190 g/mol. The molecule has 0 saturated carbocycles. The first kappa shape index (κ1) is 9.58. The number of benzene rings is 1. The molecule has 1 aromatic carbocycles. The van der Waals surface area contributed by atoms with Crippen LogP contribution in [0.3, 0.4) is 0 Å². The van der Waals surface area contributed by atoms with Crippen LogP contribution in [-0.4, -0.2) is 16.7 Å². The summed E-state index contributed by atoms with van der Waals surface area (Å²) < 4.78 is 7.06. The van der Waals surface area contributed by atoms with Gasteiger partial charge in [0.05, 0.1) is 24.8 Å². The highest BCUT2D eigenvalue weighted by Crippen LogP contribution is 2.27. The molecule has 15 heavy (non-hydrogen) atoms. The molecule has 0 aliphatic rings. The van der Waals surface area contributed by atoms with Crippen LogP contribution in [0.25, 0.3) is 11.3 Å². The van der Waals surface area contributed by atoms with Crippen LogP contribution in [0.4, 0.5) is 5.69 Å². The van der Waals surface area contributed by atoms with Gasteiger partial charge < -0.3 is 15.0 Å². The fraction of sp³-hybridized carbons (Fsp3) is 0.182. The smallest absolute Gasteiger partial charge is 0.142 e. The third kappa shape index (κ3) is 1.79. The Balaban J connectivity index is 2.45. The van der Waals surface area contributed by atoms with Gasteiger partial charge in [0.1, 0.15) is 5.75 Å². The van der Waals surface area contributed by atoms with E-state index in [1.807, 2.05) is 36.0 Å². The average molecular weight is 203 g/mol. The molecule has 1 aromatic heterocycles. The summed E-state index contributed by atoms with van der Waals surface area (Å²) in [5.74, 6) is 0.679. The monoisotopic (exact) mass is 203 g/mol. The lowest BCUT2D eigenvalue weighted by Crippen LogP contribution is -1.92. The van der Waals surface area contributed by atoms with Crippen LogP contribution >= 0.6 is 0 Å². The summed E-state index contributed by atoms with van der Waals surface area (Å²) in [6, 6.07) is 5.64.